The smallest absolute Gasteiger partial charge is 0.259 e. The summed E-state index contributed by atoms with van der Waals surface area (Å²) in [6.45, 7) is 1.79. The minimum Gasteiger partial charge on any atom is -0.320 e. The molecule has 0 atom stereocenters. The fourth-order valence-electron chi connectivity index (χ4n) is 1.99. The molecule has 0 saturated carbocycles. The van der Waals surface area contributed by atoms with Crippen LogP contribution < -0.4 is 5.32 Å². The van der Waals surface area contributed by atoms with Crippen LogP contribution in [-0.4, -0.2) is 25.9 Å². The normalized spacial score (nSPS) is 10.6. The molecular weight excluding hydrogens is 290 g/mol. The van der Waals surface area contributed by atoms with Crippen LogP contribution in [0, 0.1) is 6.92 Å². The summed E-state index contributed by atoms with van der Waals surface area (Å²) in [4.78, 5) is 12.3. The molecule has 0 fully saturated rings. The van der Waals surface area contributed by atoms with Crippen molar-refractivity contribution in [3.05, 3.63) is 59.1 Å². The molecule has 2 aromatic heterocycles. The summed E-state index contributed by atoms with van der Waals surface area (Å²) in [5.41, 5.74) is 2.51. The number of H-pyrrole nitrogens is 1. The van der Waals surface area contributed by atoms with Gasteiger partial charge in [0.2, 0.25) is 0 Å². The number of aryl methyl sites for hydroxylation is 1. The Morgan fingerprint density at radius 3 is 2.95 bits per heavy atom. The number of hydrogen-bond acceptors (Lipinski definition) is 3. The highest BCUT2D eigenvalue weighted by molar-refractivity contribution is 6.31. The molecular formula is C14H12ClN5O. The first-order chi connectivity index (χ1) is 10.1. The van der Waals surface area contributed by atoms with Crippen LogP contribution >= 0.6 is 11.6 Å². The van der Waals surface area contributed by atoms with Crippen molar-refractivity contribution >= 4 is 23.2 Å². The quantitative estimate of drug-likeness (QED) is 0.781. The van der Waals surface area contributed by atoms with Crippen LogP contribution in [0.3, 0.4) is 0 Å². The van der Waals surface area contributed by atoms with Crippen molar-refractivity contribution in [2.45, 2.75) is 6.92 Å². The molecule has 0 spiro atoms. The second-order valence-corrected chi connectivity index (χ2v) is 4.91. The number of rotatable bonds is 3. The van der Waals surface area contributed by atoms with Crippen molar-refractivity contribution in [3.63, 3.8) is 0 Å². The molecule has 0 aliphatic carbocycles. The number of nitrogens with one attached hydrogen (secondary N) is 2. The molecule has 1 amide bonds. The molecule has 0 saturated heterocycles. The summed E-state index contributed by atoms with van der Waals surface area (Å²) in [6.07, 6.45) is 4.95. The van der Waals surface area contributed by atoms with E-state index in [1.807, 2.05) is 0 Å². The molecule has 106 valence electrons. The number of carbonyl (C=O) groups is 1. The molecule has 6 nitrogen and oxygen atoms in total. The maximum atomic E-state index is 12.3. The van der Waals surface area contributed by atoms with E-state index in [4.69, 9.17) is 11.6 Å². The minimum atomic E-state index is -0.253. The Bertz CT molecular complexity index is 779. The first-order valence-corrected chi connectivity index (χ1v) is 6.64. The molecule has 2 heterocycles. The molecule has 2 N–H and O–H groups in total. The molecule has 3 rings (SSSR count). The molecule has 3 aromatic rings. The van der Waals surface area contributed by atoms with Gasteiger partial charge in [-0.25, -0.2) is 4.68 Å². The van der Waals surface area contributed by atoms with E-state index >= 15 is 0 Å². The molecule has 0 aliphatic rings. The zero-order valence-corrected chi connectivity index (χ0v) is 11.9. The lowest BCUT2D eigenvalue weighted by Gasteiger charge is -2.11. The first kappa shape index (κ1) is 13.4. The van der Waals surface area contributed by atoms with Crippen LogP contribution in [0.5, 0.6) is 0 Å². The predicted molar refractivity (Wildman–Crippen MR) is 79.9 cm³/mol. The van der Waals surface area contributed by atoms with E-state index in [-0.39, 0.29) is 5.91 Å². The lowest BCUT2D eigenvalue weighted by atomic mass is 10.2. The summed E-state index contributed by atoms with van der Waals surface area (Å²) in [5.74, 6) is -0.253. The minimum absolute atomic E-state index is 0.253. The number of nitrogens with zero attached hydrogens (tertiary/aromatic N) is 3. The van der Waals surface area contributed by atoms with Crippen LogP contribution in [0.4, 0.5) is 5.69 Å². The molecule has 1 aromatic carbocycles. The van der Waals surface area contributed by atoms with Gasteiger partial charge in [0, 0.05) is 23.1 Å². The number of anilines is 1. The largest absolute Gasteiger partial charge is 0.320 e. The van der Waals surface area contributed by atoms with E-state index in [1.165, 1.54) is 6.20 Å². The van der Waals surface area contributed by atoms with Crippen LogP contribution in [-0.2, 0) is 0 Å². The summed E-state index contributed by atoms with van der Waals surface area (Å²) >= 11 is 6.02. The number of aromatic amines is 1. The highest BCUT2D eigenvalue weighted by atomic mass is 35.5. The second kappa shape index (κ2) is 5.41. The Morgan fingerprint density at radius 1 is 1.43 bits per heavy atom. The monoisotopic (exact) mass is 301 g/mol. The average Bonchev–Trinajstić information content (AvgIpc) is 3.10. The van der Waals surface area contributed by atoms with Gasteiger partial charge < -0.3 is 5.32 Å². The maximum absolute atomic E-state index is 12.3. The number of aromatic nitrogens is 4. The van der Waals surface area contributed by atoms with Crippen molar-refractivity contribution in [3.8, 4) is 5.69 Å². The molecule has 0 aliphatic heterocycles. The zero-order valence-electron chi connectivity index (χ0n) is 11.2. The summed E-state index contributed by atoms with van der Waals surface area (Å²) < 4.78 is 1.66. The Kier molecular flexibility index (Phi) is 3.45. The van der Waals surface area contributed by atoms with Crippen molar-refractivity contribution in [2.75, 3.05) is 5.32 Å². The third-order valence-electron chi connectivity index (χ3n) is 3.03. The van der Waals surface area contributed by atoms with Gasteiger partial charge in [0.25, 0.3) is 5.91 Å². The maximum Gasteiger partial charge on any atom is 0.259 e. The fourth-order valence-corrected chi connectivity index (χ4v) is 2.16. The van der Waals surface area contributed by atoms with Crippen molar-refractivity contribution in [1.82, 2.24) is 20.0 Å². The number of halogens is 1. The highest BCUT2D eigenvalue weighted by Gasteiger charge is 2.14. The lowest BCUT2D eigenvalue weighted by molar-refractivity contribution is 0.102. The summed E-state index contributed by atoms with van der Waals surface area (Å²) in [6, 6.07) is 7.04. The third-order valence-corrected chi connectivity index (χ3v) is 3.27. The van der Waals surface area contributed by atoms with E-state index in [9.17, 15) is 4.79 Å². The Morgan fingerprint density at radius 2 is 2.29 bits per heavy atom. The van der Waals surface area contributed by atoms with Gasteiger partial charge in [0.1, 0.15) is 0 Å². The third kappa shape index (κ3) is 2.66. The Hall–Kier alpha value is -2.60. The van der Waals surface area contributed by atoms with E-state index in [1.54, 1.807) is 48.3 Å². The number of amides is 1. The SMILES string of the molecule is Cc1[nH]ncc1C(=O)Nc1cc(Cl)ccc1-n1cccn1. The first-order valence-electron chi connectivity index (χ1n) is 6.26. The zero-order chi connectivity index (χ0) is 14.8. The summed E-state index contributed by atoms with van der Waals surface area (Å²) in [7, 11) is 0. The standard InChI is InChI=1S/C14H12ClN5O/c1-9-11(8-16-19-9)14(21)18-12-7-10(15)3-4-13(12)20-6-2-5-17-20/h2-8H,1H3,(H,16,19)(H,18,21). The lowest BCUT2D eigenvalue weighted by Crippen LogP contribution is -2.14. The number of carbonyl (C=O) groups excluding carboxylic acids is 1. The summed E-state index contributed by atoms with van der Waals surface area (Å²) in [5, 5.41) is 14.1. The van der Waals surface area contributed by atoms with Gasteiger partial charge in [-0.05, 0) is 31.2 Å². The molecule has 7 heteroatoms. The van der Waals surface area contributed by atoms with E-state index < -0.39 is 0 Å². The Labute approximate surface area is 125 Å². The molecule has 0 radical (unpaired) electrons. The van der Waals surface area contributed by atoms with Gasteiger partial charge in [-0.3, -0.25) is 9.89 Å². The van der Waals surface area contributed by atoms with Gasteiger partial charge in [0.05, 0.1) is 23.1 Å². The highest BCUT2D eigenvalue weighted by Crippen LogP contribution is 2.24. The fraction of sp³-hybridized carbons (Fsp3) is 0.0714. The van der Waals surface area contributed by atoms with E-state index in [2.05, 4.69) is 20.6 Å². The van der Waals surface area contributed by atoms with E-state index in [0.717, 1.165) is 5.69 Å². The molecule has 0 bridgehead atoms. The van der Waals surface area contributed by atoms with Crippen LogP contribution in [0.25, 0.3) is 5.69 Å². The van der Waals surface area contributed by atoms with Gasteiger partial charge in [-0.15, -0.1) is 0 Å². The van der Waals surface area contributed by atoms with Crippen LogP contribution in [0.15, 0.2) is 42.9 Å². The van der Waals surface area contributed by atoms with Crippen molar-refractivity contribution < 1.29 is 4.79 Å². The molecule has 21 heavy (non-hydrogen) atoms. The molecule has 0 unspecified atom stereocenters. The van der Waals surface area contributed by atoms with E-state index in [0.29, 0.717) is 22.0 Å². The van der Waals surface area contributed by atoms with Crippen molar-refractivity contribution in [1.29, 1.82) is 0 Å². The topological polar surface area (TPSA) is 75.6 Å². The average molecular weight is 302 g/mol. The number of benzene rings is 1. The van der Waals surface area contributed by atoms with Crippen LogP contribution in [0.2, 0.25) is 5.02 Å². The number of hydrogen-bond donors (Lipinski definition) is 2. The second-order valence-electron chi connectivity index (χ2n) is 4.47. The van der Waals surface area contributed by atoms with Crippen LogP contribution in [0.1, 0.15) is 16.1 Å². The van der Waals surface area contributed by atoms with Gasteiger partial charge in [-0.2, -0.15) is 10.2 Å². The van der Waals surface area contributed by atoms with Gasteiger partial charge >= 0.3 is 0 Å². The van der Waals surface area contributed by atoms with Gasteiger partial charge in [-0.1, -0.05) is 11.6 Å². The Balaban J connectivity index is 1.97. The predicted octanol–water partition coefficient (Wildman–Crippen LogP) is 2.81. The van der Waals surface area contributed by atoms with Crippen molar-refractivity contribution in [2.24, 2.45) is 0 Å². The van der Waals surface area contributed by atoms with Gasteiger partial charge in [0.15, 0.2) is 0 Å².